The van der Waals surface area contributed by atoms with E-state index >= 15 is 0 Å². The van der Waals surface area contributed by atoms with Crippen molar-refractivity contribution in [3.05, 3.63) is 30.3 Å². The van der Waals surface area contributed by atoms with E-state index in [1.54, 1.807) is 65.8 Å². The second kappa shape index (κ2) is 9.25. The van der Waals surface area contributed by atoms with Gasteiger partial charge >= 0.3 is 12.2 Å². The molecule has 0 unspecified atom stereocenters. The lowest BCUT2D eigenvalue weighted by Gasteiger charge is -2.24. The first kappa shape index (κ1) is 22.3. The Bertz CT molecular complexity index is 648. The number of rotatable bonds is 5. The standard InChI is InChI=1S/C19H29N3O5/c1-18(2,3)26-16(24)20-12-14(22-17(25)27-19(4,5)6)15(23)21-13-10-8-7-9-11-13/h7-11,14H,12H2,1-6H3,(H,20,24)(H,21,23)(H,22,25)/t14-/m1/s1. The summed E-state index contributed by atoms with van der Waals surface area (Å²) in [7, 11) is 0. The molecule has 0 aliphatic heterocycles. The molecule has 0 heterocycles. The lowest BCUT2D eigenvalue weighted by atomic mass is 10.2. The van der Waals surface area contributed by atoms with Gasteiger partial charge in [0.05, 0.1) is 6.54 Å². The van der Waals surface area contributed by atoms with E-state index in [2.05, 4.69) is 16.0 Å². The molecule has 0 fully saturated rings. The van der Waals surface area contributed by atoms with Crippen LogP contribution < -0.4 is 16.0 Å². The summed E-state index contributed by atoms with van der Waals surface area (Å²) < 4.78 is 10.3. The van der Waals surface area contributed by atoms with Gasteiger partial charge in [-0.15, -0.1) is 0 Å². The average molecular weight is 379 g/mol. The van der Waals surface area contributed by atoms with Crippen molar-refractivity contribution in [1.29, 1.82) is 0 Å². The third-order valence-corrected chi connectivity index (χ3v) is 2.90. The number of amides is 3. The molecule has 150 valence electrons. The molecule has 1 atom stereocenters. The molecule has 1 aromatic rings. The van der Waals surface area contributed by atoms with Gasteiger partial charge < -0.3 is 25.4 Å². The van der Waals surface area contributed by atoms with E-state index in [0.29, 0.717) is 5.69 Å². The maximum Gasteiger partial charge on any atom is 0.408 e. The van der Waals surface area contributed by atoms with Crippen LogP contribution >= 0.6 is 0 Å². The molecule has 0 saturated carbocycles. The van der Waals surface area contributed by atoms with Crippen molar-refractivity contribution >= 4 is 23.8 Å². The number of para-hydroxylation sites is 1. The van der Waals surface area contributed by atoms with E-state index in [4.69, 9.17) is 9.47 Å². The lowest BCUT2D eigenvalue weighted by molar-refractivity contribution is -0.118. The Morgan fingerprint density at radius 1 is 0.889 bits per heavy atom. The minimum Gasteiger partial charge on any atom is -0.444 e. The fourth-order valence-corrected chi connectivity index (χ4v) is 1.91. The number of anilines is 1. The molecule has 0 aromatic heterocycles. The summed E-state index contributed by atoms with van der Waals surface area (Å²) in [4.78, 5) is 36.4. The number of ether oxygens (including phenoxy) is 2. The average Bonchev–Trinajstić information content (AvgIpc) is 2.48. The summed E-state index contributed by atoms with van der Waals surface area (Å²) in [5.41, 5.74) is -0.830. The second-order valence-electron chi connectivity index (χ2n) is 7.94. The first-order chi connectivity index (χ1) is 12.4. The number of benzene rings is 1. The number of hydrogen-bond donors (Lipinski definition) is 3. The van der Waals surface area contributed by atoms with Crippen LogP contribution in [0.5, 0.6) is 0 Å². The van der Waals surface area contributed by atoms with Crippen LogP contribution in [0, 0.1) is 0 Å². The highest BCUT2D eigenvalue weighted by molar-refractivity contribution is 5.97. The fraction of sp³-hybridized carbons (Fsp3) is 0.526. The third kappa shape index (κ3) is 10.1. The fourth-order valence-electron chi connectivity index (χ4n) is 1.91. The Morgan fingerprint density at radius 2 is 1.41 bits per heavy atom. The van der Waals surface area contributed by atoms with Crippen molar-refractivity contribution in [3.8, 4) is 0 Å². The monoisotopic (exact) mass is 379 g/mol. The predicted octanol–water partition coefficient (Wildman–Crippen LogP) is 3.04. The van der Waals surface area contributed by atoms with Gasteiger partial charge in [0.15, 0.2) is 0 Å². The van der Waals surface area contributed by atoms with Crippen LogP contribution in [0.15, 0.2) is 30.3 Å². The molecule has 8 heteroatoms. The van der Waals surface area contributed by atoms with Gasteiger partial charge in [-0.3, -0.25) is 4.79 Å². The van der Waals surface area contributed by atoms with Gasteiger partial charge in [-0.25, -0.2) is 9.59 Å². The number of hydrogen-bond acceptors (Lipinski definition) is 5. The van der Waals surface area contributed by atoms with Gasteiger partial charge in [0.1, 0.15) is 17.2 Å². The SMILES string of the molecule is CC(C)(C)OC(=O)NC[C@@H](NC(=O)OC(C)(C)C)C(=O)Nc1ccccc1. The number of carbonyl (C=O) groups is 3. The Morgan fingerprint density at radius 3 is 1.93 bits per heavy atom. The van der Waals surface area contributed by atoms with Gasteiger partial charge in [0.2, 0.25) is 5.91 Å². The summed E-state index contributed by atoms with van der Waals surface area (Å²) in [6.07, 6.45) is -1.45. The quantitative estimate of drug-likeness (QED) is 0.729. The third-order valence-electron chi connectivity index (χ3n) is 2.90. The predicted molar refractivity (Wildman–Crippen MR) is 102 cm³/mol. The Hall–Kier alpha value is -2.77. The molecule has 1 aromatic carbocycles. The van der Waals surface area contributed by atoms with Crippen molar-refractivity contribution in [1.82, 2.24) is 10.6 Å². The van der Waals surface area contributed by atoms with Crippen molar-refractivity contribution in [2.45, 2.75) is 58.8 Å². The number of alkyl carbamates (subject to hydrolysis) is 2. The van der Waals surface area contributed by atoms with E-state index in [9.17, 15) is 14.4 Å². The van der Waals surface area contributed by atoms with Crippen molar-refractivity contribution in [2.75, 3.05) is 11.9 Å². The Labute approximate surface area is 160 Å². The largest absolute Gasteiger partial charge is 0.444 e. The first-order valence-corrected chi connectivity index (χ1v) is 8.68. The molecule has 0 aliphatic carbocycles. The molecule has 1 rings (SSSR count). The highest BCUT2D eigenvalue weighted by Crippen LogP contribution is 2.09. The molecule has 0 bridgehead atoms. The topological polar surface area (TPSA) is 106 Å². The number of carbonyl (C=O) groups excluding carboxylic acids is 3. The molecular formula is C19H29N3O5. The number of nitrogens with one attached hydrogen (secondary N) is 3. The minimum atomic E-state index is -1.05. The molecule has 0 aliphatic rings. The molecule has 0 spiro atoms. The zero-order valence-electron chi connectivity index (χ0n) is 16.7. The minimum absolute atomic E-state index is 0.160. The van der Waals surface area contributed by atoms with E-state index in [0.717, 1.165) is 0 Å². The van der Waals surface area contributed by atoms with Crippen molar-refractivity contribution in [2.24, 2.45) is 0 Å². The summed E-state index contributed by atoms with van der Waals surface area (Å²) >= 11 is 0. The van der Waals surface area contributed by atoms with Crippen LogP contribution in [-0.2, 0) is 14.3 Å². The van der Waals surface area contributed by atoms with Crippen molar-refractivity contribution < 1.29 is 23.9 Å². The van der Waals surface area contributed by atoms with Crippen LogP contribution in [0.1, 0.15) is 41.5 Å². The van der Waals surface area contributed by atoms with Gasteiger partial charge in [-0.2, -0.15) is 0 Å². The Balaban J connectivity index is 2.77. The summed E-state index contributed by atoms with van der Waals surface area (Å²) in [5.74, 6) is -0.497. The molecular weight excluding hydrogens is 350 g/mol. The zero-order valence-corrected chi connectivity index (χ0v) is 16.7. The molecule has 8 nitrogen and oxygen atoms in total. The highest BCUT2D eigenvalue weighted by atomic mass is 16.6. The summed E-state index contributed by atoms with van der Waals surface area (Å²) in [5, 5.41) is 7.63. The molecule has 27 heavy (non-hydrogen) atoms. The Kier molecular flexibility index (Phi) is 7.63. The van der Waals surface area contributed by atoms with Crippen LogP contribution in [-0.4, -0.2) is 41.9 Å². The van der Waals surface area contributed by atoms with E-state index in [1.165, 1.54) is 0 Å². The van der Waals surface area contributed by atoms with Crippen LogP contribution in [0.25, 0.3) is 0 Å². The highest BCUT2D eigenvalue weighted by Gasteiger charge is 2.26. The van der Waals surface area contributed by atoms with Crippen LogP contribution in [0.4, 0.5) is 15.3 Å². The first-order valence-electron chi connectivity index (χ1n) is 8.68. The van der Waals surface area contributed by atoms with Crippen LogP contribution in [0.2, 0.25) is 0 Å². The van der Waals surface area contributed by atoms with Gasteiger partial charge in [-0.1, -0.05) is 18.2 Å². The maximum atomic E-state index is 12.5. The second-order valence-corrected chi connectivity index (χ2v) is 7.94. The molecule has 0 radical (unpaired) electrons. The summed E-state index contributed by atoms with van der Waals surface area (Å²) in [6, 6.07) is 7.73. The molecule has 0 saturated heterocycles. The molecule has 3 amide bonds. The maximum absolute atomic E-state index is 12.5. The normalized spacial score (nSPS) is 12.5. The van der Waals surface area contributed by atoms with Crippen molar-refractivity contribution in [3.63, 3.8) is 0 Å². The van der Waals surface area contributed by atoms with Crippen LogP contribution in [0.3, 0.4) is 0 Å². The van der Waals surface area contributed by atoms with E-state index in [-0.39, 0.29) is 6.54 Å². The zero-order chi connectivity index (χ0) is 20.7. The lowest BCUT2D eigenvalue weighted by Crippen LogP contribution is -2.52. The smallest absolute Gasteiger partial charge is 0.408 e. The van der Waals surface area contributed by atoms with Gasteiger partial charge in [0.25, 0.3) is 0 Å². The summed E-state index contributed by atoms with van der Waals surface area (Å²) in [6.45, 7) is 10.2. The molecule has 3 N–H and O–H groups in total. The van der Waals surface area contributed by atoms with E-state index < -0.39 is 35.3 Å². The van der Waals surface area contributed by atoms with Gasteiger partial charge in [0, 0.05) is 5.69 Å². The van der Waals surface area contributed by atoms with Gasteiger partial charge in [-0.05, 0) is 53.7 Å². The van der Waals surface area contributed by atoms with E-state index in [1.807, 2.05) is 6.07 Å².